The second kappa shape index (κ2) is 5.09. The van der Waals surface area contributed by atoms with E-state index < -0.39 is 18.0 Å². The maximum atomic E-state index is 12.3. The molecule has 0 amide bonds. The molecular formula is C9H9BF3KO2. The fourth-order valence-corrected chi connectivity index (χ4v) is 1.47. The zero-order chi connectivity index (χ0) is 11.1. The molecular weight excluding hydrogens is 247 g/mol. The molecule has 0 atom stereocenters. The molecule has 0 saturated carbocycles. The van der Waals surface area contributed by atoms with Crippen LogP contribution in [-0.2, 0) is 10.3 Å². The summed E-state index contributed by atoms with van der Waals surface area (Å²) in [5.41, 5.74) is -1.28. The van der Waals surface area contributed by atoms with Crippen molar-refractivity contribution in [3.63, 3.8) is 0 Å². The summed E-state index contributed by atoms with van der Waals surface area (Å²) >= 11 is 0. The largest absolute Gasteiger partial charge is 1.00 e. The summed E-state index contributed by atoms with van der Waals surface area (Å²) in [5.74, 6) is 0. The van der Waals surface area contributed by atoms with Crippen molar-refractivity contribution < 1.29 is 74.2 Å². The molecule has 1 heterocycles. The minimum Gasteiger partial charge on any atom is -0.445 e. The van der Waals surface area contributed by atoms with Crippen LogP contribution in [0.3, 0.4) is 0 Å². The van der Waals surface area contributed by atoms with Gasteiger partial charge in [-0.05, 0) is 5.56 Å². The van der Waals surface area contributed by atoms with Gasteiger partial charge in [0.2, 0.25) is 0 Å². The molecule has 0 aromatic heterocycles. The van der Waals surface area contributed by atoms with Crippen molar-refractivity contribution in [2.75, 3.05) is 13.2 Å². The smallest absolute Gasteiger partial charge is 0.445 e. The molecule has 7 heteroatoms. The minimum absolute atomic E-state index is 0. The third-order valence-corrected chi connectivity index (χ3v) is 2.51. The van der Waals surface area contributed by atoms with Crippen LogP contribution in [0.1, 0.15) is 5.56 Å². The van der Waals surface area contributed by atoms with Gasteiger partial charge in [-0.25, -0.2) is 0 Å². The molecule has 1 saturated heterocycles. The summed E-state index contributed by atoms with van der Waals surface area (Å²) in [6.45, 7) is -4.67. The zero-order valence-corrected chi connectivity index (χ0v) is 11.9. The summed E-state index contributed by atoms with van der Waals surface area (Å²) in [7, 11) is 0. The van der Waals surface area contributed by atoms with Gasteiger partial charge < -0.3 is 22.8 Å². The minimum atomic E-state index is -4.96. The Balaban J connectivity index is 0.00000128. The molecule has 0 unspecified atom stereocenters. The van der Waals surface area contributed by atoms with Crippen molar-refractivity contribution in [1.29, 1.82) is 0 Å². The number of rotatable bonds is 2. The van der Waals surface area contributed by atoms with E-state index in [2.05, 4.69) is 0 Å². The molecule has 0 aliphatic carbocycles. The summed E-state index contributed by atoms with van der Waals surface area (Å²) < 4.78 is 41.7. The van der Waals surface area contributed by atoms with Gasteiger partial charge in [-0.1, -0.05) is 24.3 Å². The molecule has 0 bridgehead atoms. The van der Waals surface area contributed by atoms with Crippen LogP contribution in [0.5, 0.6) is 0 Å². The van der Waals surface area contributed by atoms with Gasteiger partial charge >= 0.3 is 58.4 Å². The monoisotopic (exact) mass is 256 g/mol. The molecule has 82 valence electrons. The van der Waals surface area contributed by atoms with Gasteiger partial charge in [-0.2, -0.15) is 0 Å². The Labute approximate surface area is 134 Å². The molecule has 0 radical (unpaired) electrons. The first-order valence-electron chi connectivity index (χ1n) is 4.52. The first-order valence-corrected chi connectivity index (χ1v) is 4.52. The first kappa shape index (κ1) is 14.7. The quantitative estimate of drug-likeness (QED) is 0.618. The van der Waals surface area contributed by atoms with Gasteiger partial charge in [0, 0.05) is 0 Å². The van der Waals surface area contributed by atoms with E-state index in [0.29, 0.717) is 5.56 Å². The molecule has 2 nitrogen and oxygen atoms in total. The Bertz CT molecular complexity index is 362. The van der Waals surface area contributed by atoms with E-state index in [0.717, 1.165) is 12.1 Å². The van der Waals surface area contributed by atoms with E-state index in [-0.39, 0.29) is 64.6 Å². The van der Waals surface area contributed by atoms with Gasteiger partial charge in [-0.15, -0.1) is 5.46 Å². The van der Waals surface area contributed by atoms with Crippen LogP contribution >= 0.6 is 0 Å². The van der Waals surface area contributed by atoms with Crippen LogP contribution in [0, 0.1) is 0 Å². The maximum Gasteiger partial charge on any atom is 1.00 e. The Morgan fingerprint density at radius 2 is 1.62 bits per heavy atom. The molecule has 1 aromatic carbocycles. The van der Waals surface area contributed by atoms with Crippen LogP contribution in [0.2, 0.25) is 0 Å². The third kappa shape index (κ3) is 2.90. The van der Waals surface area contributed by atoms with E-state index >= 15 is 0 Å². The number of halogens is 3. The van der Waals surface area contributed by atoms with Gasteiger partial charge in [-0.3, -0.25) is 0 Å². The number of hydrogen-bond donors (Lipinski definition) is 1. The molecule has 16 heavy (non-hydrogen) atoms. The summed E-state index contributed by atoms with van der Waals surface area (Å²) in [4.78, 5) is 0. The Morgan fingerprint density at radius 1 is 1.12 bits per heavy atom. The molecule has 1 aliphatic rings. The van der Waals surface area contributed by atoms with E-state index in [1.54, 1.807) is 0 Å². The first-order chi connectivity index (χ1) is 6.92. The van der Waals surface area contributed by atoms with E-state index in [1.165, 1.54) is 12.1 Å². The Morgan fingerprint density at radius 3 is 1.94 bits per heavy atom. The van der Waals surface area contributed by atoms with Gasteiger partial charge in [0.25, 0.3) is 0 Å². The standard InChI is InChI=1S/C9H9BF3O2.K/c11-10(12,13)8-3-1-7(2-4-8)9(14)5-15-6-9;/h1-4,14H,5-6H2;/q-1;+1. The zero-order valence-electron chi connectivity index (χ0n) is 8.79. The second-order valence-corrected chi connectivity index (χ2v) is 3.72. The van der Waals surface area contributed by atoms with Gasteiger partial charge in [0.1, 0.15) is 5.60 Å². The number of aliphatic hydroxyl groups is 1. The maximum absolute atomic E-state index is 12.3. The second-order valence-electron chi connectivity index (χ2n) is 3.72. The fourth-order valence-electron chi connectivity index (χ4n) is 1.47. The molecule has 0 spiro atoms. The molecule has 1 aromatic rings. The number of hydrogen-bond acceptors (Lipinski definition) is 2. The number of benzene rings is 1. The Hall–Kier alpha value is 0.631. The van der Waals surface area contributed by atoms with Crippen molar-refractivity contribution in [1.82, 2.24) is 0 Å². The summed E-state index contributed by atoms with van der Waals surface area (Å²) in [6.07, 6.45) is 0. The average Bonchev–Trinajstić information content (AvgIpc) is 2.13. The fraction of sp³-hybridized carbons (Fsp3) is 0.333. The van der Waals surface area contributed by atoms with E-state index in [1.807, 2.05) is 0 Å². The Kier molecular flexibility index (Phi) is 4.68. The predicted molar refractivity (Wildman–Crippen MR) is 49.9 cm³/mol. The SMILES string of the molecule is OC1(c2ccc([B-](F)(F)F)cc2)COC1.[K+]. The topological polar surface area (TPSA) is 29.5 Å². The van der Waals surface area contributed by atoms with Crippen molar-refractivity contribution in [2.45, 2.75) is 5.60 Å². The van der Waals surface area contributed by atoms with Crippen LogP contribution in [0.15, 0.2) is 24.3 Å². The number of ether oxygens (including phenoxy) is 1. The normalized spacial score (nSPS) is 18.5. The summed E-state index contributed by atoms with van der Waals surface area (Å²) in [6, 6.07) is 4.58. The van der Waals surface area contributed by atoms with Crippen molar-refractivity contribution in [3.05, 3.63) is 29.8 Å². The third-order valence-electron chi connectivity index (χ3n) is 2.51. The predicted octanol–water partition coefficient (Wildman–Crippen LogP) is -2.04. The van der Waals surface area contributed by atoms with Crippen LogP contribution in [0.4, 0.5) is 12.9 Å². The van der Waals surface area contributed by atoms with Crippen LogP contribution < -0.4 is 56.8 Å². The van der Waals surface area contributed by atoms with Gasteiger partial charge in [0.15, 0.2) is 0 Å². The van der Waals surface area contributed by atoms with Crippen LogP contribution in [0.25, 0.3) is 0 Å². The average molecular weight is 256 g/mol. The van der Waals surface area contributed by atoms with Gasteiger partial charge in [0.05, 0.1) is 13.2 Å². The summed E-state index contributed by atoms with van der Waals surface area (Å²) in [5, 5.41) is 9.77. The molecule has 1 aliphatic heterocycles. The van der Waals surface area contributed by atoms with Crippen molar-refractivity contribution >= 4 is 12.4 Å². The van der Waals surface area contributed by atoms with Crippen molar-refractivity contribution in [3.8, 4) is 0 Å². The van der Waals surface area contributed by atoms with Crippen molar-refractivity contribution in [2.24, 2.45) is 0 Å². The molecule has 2 rings (SSSR count). The van der Waals surface area contributed by atoms with E-state index in [9.17, 15) is 18.1 Å². The van der Waals surface area contributed by atoms with E-state index in [4.69, 9.17) is 4.74 Å². The molecule has 1 fully saturated rings. The van der Waals surface area contributed by atoms with Crippen LogP contribution in [-0.4, -0.2) is 25.3 Å². The molecule has 1 N–H and O–H groups in total.